The van der Waals surface area contributed by atoms with Crippen LogP contribution in [0.1, 0.15) is 18.1 Å². The van der Waals surface area contributed by atoms with E-state index in [1.165, 1.54) is 23.9 Å². The Labute approximate surface area is 171 Å². The molecule has 2 rings (SSSR count). The number of halogens is 2. The van der Waals surface area contributed by atoms with Crippen LogP contribution in [0.3, 0.4) is 0 Å². The van der Waals surface area contributed by atoms with Crippen LogP contribution in [0.2, 0.25) is 0 Å². The van der Waals surface area contributed by atoms with Crippen molar-refractivity contribution in [2.45, 2.75) is 25.3 Å². The second-order valence-electron chi connectivity index (χ2n) is 6.06. The van der Waals surface area contributed by atoms with Crippen LogP contribution in [-0.4, -0.2) is 35.6 Å². The number of hydrogen-bond donors (Lipinski definition) is 1. The predicted molar refractivity (Wildman–Crippen MR) is 111 cm³/mol. The molecule has 0 saturated heterocycles. The molecular formula is C20H22BrFN2O2S. The lowest BCUT2D eigenvalue weighted by Gasteiger charge is -2.28. The highest BCUT2D eigenvalue weighted by atomic mass is 79.9. The van der Waals surface area contributed by atoms with Crippen LogP contribution in [0.4, 0.5) is 4.39 Å². The van der Waals surface area contributed by atoms with Crippen LogP contribution in [0.25, 0.3) is 0 Å². The number of amides is 2. The van der Waals surface area contributed by atoms with Gasteiger partial charge in [0.1, 0.15) is 11.9 Å². The highest BCUT2D eigenvalue weighted by molar-refractivity contribution is 9.10. The van der Waals surface area contributed by atoms with E-state index in [4.69, 9.17) is 0 Å². The molecule has 4 nitrogen and oxygen atoms in total. The molecule has 2 aromatic rings. The highest BCUT2D eigenvalue weighted by Crippen LogP contribution is 2.18. The molecule has 144 valence electrons. The number of hydrogen-bond acceptors (Lipinski definition) is 3. The minimum atomic E-state index is -0.576. The van der Waals surface area contributed by atoms with Crippen molar-refractivity contribution in [2.75, 3.05) is 12.8 Å². The lowest BCUT2D eigenvalue weighted by Crippen LogP contribution is -2.47. The second kappa shape index (κ2) is 10.5. The van der Waals surface area contributed by atoms with Gasteiger partial charge in [-0.15, -0.1) is 11.8 Å². The van der Waals surface area contributed by atoms with Gasteiger partial charge in [0.2, 0.25) is 11.8 Å². The molecule has 0 fully saturated rings. The smallest absolute Gasteiger partial charge is 0.242 e. The fourth-order valence-electron chi connectivity index (χ4n) is 2.54. The number of benzene rings is 2. The van der Waals surface area contributed by atoms with Crippen molar-refractivity contribution in [2.24, 2.45) is 0 Å². The van der Waals surface area contributed by atoms with Gasteiger partial charge in [0.05, 0.1) is 5.75 Å². The number of nitrogens with one attached hydrogen (secondary N) is 1. The Morgan fingerprint density at radius 1 is 1.19 bits per heavy atom. The molecule has 0 radical (unpaired) electrons. The Bertz CT molecular complexity index is 786. The van der Waals surface area contributed by atoms with Gasteiger partial charge in [0.25, 0.3) is 0 Å². The average molecular weight is 453 g/mol. The van der Waals surface area contributed by atoms with E-state index in [-0.39, 0.29) is 23.4 Å². The van der Waals surface area contributed by atoms with Crippen LogP contribution < -0.4 is 5.32 Å². The van der Waals surface area contributed by atoms with Gasteiger partial charge >= 0.3 is 0 Å². The van der Waals surface area contributed by atoms with E-state index in [0.29, 0.717) is 12.3 Å². The third-order valence-electron chi connectivity index (χ3n) is 4.06. The van der Waals surface area contributed by atoms with Gasteiger partial charge in [-0.2, -0.15) is 0 Å². The molecule has 0 aliphatic rings. The summed E-state index contributed by atoms with van der Waals surface area (Å²) < 4.78 is 13.9. The molecule has 27 heavy (non-hydrogen) atoms. The van der Waals surface area contributed by atoms with Crippen molar-refractivity contribution in [3.8, 4) is 0 Å². The number of rotatable bonds is 8. The molecule has 0 heterocycles. The van der Waals surface area contributed by atoms with Crippen LogP contribution in [0, 0.1) is 5.82 Å². The third-order valence-corrected chi connectivity index (χ3v) is 5.54. The van der Waals surface area contributed by atoms with E-state index in [9.17, 15) is 14.0 Å². The van der Waals surface area contributed by atoms with E-state index in [1.54, 1.807) is 31.0 Å². The Kier molecular flexibility index (Phi) is 8.31. The first-order valence-electron chi connectivity index (χ1n) is 8.48. The molecule has 0 saturated carbocycles. The number of nitrogens with zero attached hydrogens (tertiary/aromatic N) is 1. The Morgan fingerprint density at radius 2 is 1.89 bits per heavy atom. The van der Waals surface area contributed by atoms with Crippen molar-refractivity contribution in [3.05, 3.63) is 69.9 Å². The summed E-state index contributed by atoms with van der Waals surface area (Å²) in [5, 5.41) is 2.60. The van der Waals surface area contributed by atoms with Gasteiger partial charge in [0, 0.05) is 23.8 Å². The van der Waals surface area contributed by atoms with Gasteiger partial charge in [-0.1, -0.05) is 40.2 Å². The summed E-state index contributed by atoms with van der Waals surface area (Å²) in [6.45, 7) is 2.07. The topological polar surface area (TPSA) is 49.4 Å². The zero-order chi connectivity index (χ0) is 19.8. The van der Waals surface area contributed by atoms with Crippen molar-refractivity contribution in [1.29, 1.82) is 0 Å². The van der Waals surface area contributed by atoms with Gasteiger partial charge in [-0.25, -0.2) is 4.39 Å². The van der Waals surface area contributed by atoms with Crippen molar-refractivity contribution in [3.63, 3.8) is 0 Å². The number of carbonyl (C=O) groups excluding carboxylic acids is 2. The summed E-state index contributed by atoms with van der Waals surface area (Å²) in [7, 11) is 1.56. The molecule has 0 aromatic heterocycles. The first kappa shape index (κ1) is 21.4. The van der Waals surface area contributed by atoms with Crippen LogP contribution in [0.5, 0.6) is 0 Å². The average Bonchev–Trinajstić information content (AvgIpc) is 2.66. The first-order chi connectivity index (χ1) is 12.9. The molecular weight excluding hydrogens is 431 g/mol. The molecule has 2 amide bonds. The quantitative estimate of drug-likeness (QED) is 0.658. The van der Waals surface area contributed by atoms with E-state index in [2.05, 4.69) is 21.2 Å². The summed E-state index contributed by atoms with van der Waals surface area (Å²) >= 11 is 4.87. The monoisotopic (exact) mass is 452 g/mol. The fraction of sp³-hybridized carbons (Fsp3) is 0.300. The minimum absolute atomic E-state index is 0.113. The number of thioether (sulfide) groups is 1. The first-order valence-corrected chi connectivity index (χ1v) is 10.4. The maximum Gasteiger partial charge on any atom is 0.242 e. The number of carbonyl (C=O) groups is 2. The van der Waals surface area contributed by atoms with E-state index in [1.807, 2.05) is 24.3 Å². The number of likely N-dealkylation sites (N-methyl/N-ethyl adjacent to an activating group) is 1. The molecule has 0 spiro atoms. The lowest BCUT2D eigenvalue weighted by atomic mass is 10.1. The van der Waals surface area contributed by atoms with Crippen molar-refractivity contribution in [1.82, 2.24) is 10.2 Å². The normalized spacial score (nSPS) is 11.7. The molecule has 7 heteroatoms. The lowest BCUT2D eigenvalue weighted by molar-refractivity contribution is -0.138. The van der Waals surface area contributed by atoms with Crippen LogP contribution >= 0.6 is 27.7 Å². The van der Waals surface area contributed by atoms with E-state index in [0.717, 1.165) is 15.6 Å². The standard InChI is InChI=1S/C20H22BrFN2O2S/c1-14(20(26)23-2)24(11-16-4-3-5-17(21)10-16)19(25)13-27-12-15-6-8-18(22)9-7-15/h3-10,14H,11-13H2,1-2H3,(H,23,26)/t14-/m1/s1. The Morgan fingerprint density at radius 3 is 2.52 bits per heavy atom. The van der Waals surface area contributed by atoms with Crippen molar-refractivity contribution >= 4 is 39.5 Å². The summed E-state index contributed by atoms with van der Waals surface area (Å²) in [5.74, 6) is 0.247. The van der Waals surface area contributed by atoms with Crippen LogP contribution in [-0.2, 0) is 21.9 Å². The summed E-state index contributed by atoms with van der Waals surface area (Å²) in [6, 6.07) is 13.3. The molecule has 0 unspecified atom stereocenters. The molecule has 1 atom stereocenters. The molecule has 2 aromatic carbocycles. The maximum atomic E-state index is 13.0. The summed E-state index contributed by atoms with van der Waals surface area (Å²) in [5.41, 5.74) is 1.89. The summed E-state index contributed by atoms with van der Waals surface area (Å²) in [6.07, 6.45) is 0. The second-order valence-corrected chi connectivity index (χ2v) is 7.96. The third kappa shape index (κ3) is 6.66. The molecule has 0 aliphatic heterocycles. The van der Waals surface area contributed by atoms with Gasteiger partial charge < -0.3 is 10.2 Å². The van der Waals surface area contributed by atoms with E-state index < -0.39 is 6.04 Å². The maximum absolute atomic E-state index is 13.0. The van der Waals surface area contributed by atoms with E-state index >= 15 is 0 Å². The zero-order valence-electron chi connectivity index (χ0n) is 15.2. The molecule has 0 bridgehead atoms. The molecule has 1 N–H and O–H groups in total. The van der Waals surface area contributed by atoms with Gasteiger partial charge in [0.15, 0.2) is 0 Å². The Hall–Kier alpha value is -1.86. The van der Waals surface area contributed by atoms with Crippen LogP contribution in [0.15, 0.2) is 53.0 Å². The Balaban J connectivity index is 2.03. The van der Waals surface area contributed by atoms with Gasteiger partial charge in [-0.05, 0) is 42.3 Å². The highest BCUT2D eigenvalue weighted by Gasteiger charge is 2.25. The zero-order valence-corrected chi connectivity index (χ0v) is 17.6. The SMILES string of the molecule is CNC(=O)[C@@H](C)N(Cc1cccc(Br)c1)C(=O)CSCc1ccc(F)cc1. The summed E-state index contributed by atoms with van der Waals surface area (Å²) in [4.78, 5) is 26.5. The molecule has 0 aliphatic carbocycles. The van der Waals surface area contributed by atoms with Crippen molar-refractivity contribution < 1.29 is 14.0 Å². The fourth-order valence-corrected chi connectivity index (χ4v) is 3.86. The van der Waals surface area contributed by atoms with Gasteiger partial charge in [-0.3, -0.25) is 9.59 Å². The minimum Gasteiger partial charge on any atom is -0.357 e. The predicted octanol–water partition coefficient (Wildman–Crippen LogP) is 3.98. The largest absolute Gasteiger partial charge is 0.357 e.